The molecule has 0 saturated carbocycles. The first kappa shape index (κ1) is 18.5. The Bertz CT molecular complexity index is 1250. The van der Waals surface area contributed by atoms with Crippen LogP contribution in [0.15, 0.2) is 57.2 Å². The molecule has 0 saturated heterocycles. The van der Waals surface area contributed by atoms with Crippen LogP contribution in [-0.2, 0) is 17.6 Å². The fraction of sp³-hybridized carbons (Fsp3) is 0.174. The molecule has 3 aromatic rings. The van der Waals surface area contributed by atoms with Gasteiger partial charge in [0.1, 0.15) is 28.7 Å². The highest BCUT2D eigenvalue weighted by Gasteiger charge is 2.20. The first-order chi connectivity index (χ1) is 14.1. The second-order valence-corrected chi connectivity index (χ2v) is 6.66. The minimum absolute atomic E-state index is 0.176. The number of nitrogens with zero attached hydrogens (tertiary/aromatic N) is 1. The number of benzene rings is 2. The van der Waals surface area contributed by atoms with E-state index in [0.717, 1.165) is 35.8 Å². The van der Waals surface area contributed by atoms with Crippen molar-refractivity contribution in [3.05, 3.63) is 75.1 Å². The van der Waals surface area contributed by atoms with Gasteiger partial charge in [-0.3, -0.25) is 0 Å². The maximum Gasteiger partial charge on any atom is 0.354 e. The van der Waals surface area contributed by atoms with Crippen LogP contribution in [-0.4, -0.2) is 13.1 Å². The average Bonchev–Trinajstić information content (AvgIpc) is 3.23. The highest BCUT2D eigenvalue weighted by atomic mass is 16.5. The lowest BCUT2D eigenvalue weighted by Gasteiger charge is -2.08. The van der Waals surface area contributed by atoms with Gasteiger partial charge in [0.2, 0.25) is 0 Å². The van der Waals surface area contributed by atoms with Gasteiger partial charge in [0.25, 0.3) is 0 Å². The van der Waals surface area contributed by atoms with Crippen LogP contribution in [0.3, 0.4) is 0 Å². The van der Waals surface area contributed by atoms with Crippen LogP contribution < -0.4 is 15.1 Å². The van der Waals surface area contributed by atoms with E-state index < -0.39 is 5.97 Å². The van der Waals surface area contributed by atoms with Gasteiger partial charge in [-0.25, -0.2) is 9.59 Å². The van der Waals surface area contributed by atoms with Crippen LogP contribution in [0, 0.1) is 11.3 Å². The van der Waals surface area contributed by atoms with Crippen molar-refractivity contribution in [1.82, 2.24) is 0 Å². The summed E-state index contributed by atoms with van der Waals surface area (Å²) in [7, 11) is 1.51. The number of esters is 1. The molecule has 29 heavy (non-hydrogen) atoms. The van der Waals surface area contributed by atoms with Gasteiger partial charge in [0, 0.05) is 22.6 Å². The molecule has 1 heterocycles. The number of methoxy groups -OCH3 is 1. The Labute approximate surface area is 166 Å². The van der Waals surface area contributed by atoms with E-state index in [0.29, 0.717) is 16.9 Å². The number of hydrogen-bond donors (Lipinski definition) is 0. The maximum absolute atomic E-state index is 12.5. The van der Waals surface area contributed by atoms with Crippen molar-refractivity contribution in [1.29, 1.82) is 5.26 Å². The van der Waals surface area contributed by atoms with Gasteiger partial charge in [0.05, 0.1) is 7.11 Å². The van der Waals surface area contributed by atoms with E-state index in [-0.39, 0.29) is 16.9 Å². The predicted octanol–water partition coefficient (Wildman–Crippen LogP) is 3.80. The normalized spacial score (nSPS) is 13.0. The van der Waals surface area contributed by atoms with Crippen LogP contribution in [0.5, 0.6) is 11.5 Å². The predicted molar refractivity (Wildman–Crippen MR) is 107 cm³/mol. The molecule has 0 spiro atoms. The summed E-state index contributed by atoms with van der Waals surface area (Å²) < 4.78 is 16.0. The fourth-order valence-corrected chi connectivity index (χ4v) is 3.57. The molecule has 0 bridgehead atoms. The van der Waals surface area contributed by atoms with Crippen molar-refractivity contribution in [3.8, 4) is 17.6 Å². The zero-order chi connectivity index (χ0) is 20.4. The first-order valence-corrected chi connectivity index (χ1v) is 9.16. The van der Waals surface area contributed by atoms with E-state index in [1.807, 2.05) is 6.07 Å². The molecule has 0 unspecified atom stereocenters. The molecule has 0 atom stereocenters. The van der Waals surface area contributed by atoms with Crippen LogP contribution in [0.4, 0.5) is 0 Å². The highest BCUT2D eigenvalue weighted by Crippen LogP contribution is 2.30. The van der Waals surface area contributed by atoms with Crippen molar-refractivity contribution in [2.75, 3.05) is 7.11 Å². The smallest absolute Gasteiger partial charge is 0.354 e. The minimum atomic E-state index is -0.804. The van der Waals surface area contributed by atoms with Crippen molar-refractivity contribution >= 4 is 23.0 Å². The van der Waals surface area contributed by atoms with Crippen LogP contribution in [0.2, 0.25) is 0 Å². The van der Waals surface area contributed by atoms with E-state index >= 15 is 0 Å². The van der Waals surface area contributed by atoms with E-state index in [1.165, 1.54) is 19.3 Å². The van der Waals surface area contributed by atoms with Crippen molar-refractivity contribution in [2.24, 2.45) is 0 Å². The minimum Gasteiger partial charge on any atom is -0.496 e. The lowest BCUT2D eigenvalue weighted by molar-refractivity contribution is -0.129. The molecule has 1 aliphatic rings. The van der Waals surface area contributed by atoms with E-state index in [1.54, 1.807) is 36.4 Å². The summed E-state index contributed by atoms with van der Waals surface area (Å²) in [5.74, 6) is -0.0691. The Morgan fingerprint density at radius 1 is 1.17 bits per heavy atom. The number of carbonyl (C=O) groups excluding carboxylic acids is 1. The molecule has 144 valence electrons. The summed E-state index contributed by atoms with van der Waals surface area (Å²) >= 11 is 0. The zero-order valence-electron chi connectivity index (χ0n) is 15.7. The molecular formula is C23H17NO5. The summed E-state index contributed by atoms with van der Waals surface area (Å²) in [6.07, 6.45) is 3.89. The van der Waals surface area contributed by atoms with Gasteiger partial charge in [-0.15, -0.1) is 0 Å². The molecule has 6 nitrogen and oxygen atoms in total. The van der Waals surface area contributed by atoms with Gasteiger partial charge in [-0.05, 0) is 49.1 Å². The summed E-state index contributed by atoms with van der Waals surface area (Å²) in [4.78, 5) is 24.6. The highest BCUT2D eigenvalue weighted by molar-refractivity contribution is 5.99. The first-order valence-electron chi connectivity index (χ1n) is 9.16. The summed E-state index contributed by atoms with van der Waals surface area (Å²) in [5, 5.41) is 10.2. The summed E-state index contributed by atoms with van der Waals surface area (Å²) in [6, 6.07) is 13.8. The van der Waals surface area contributed by atoms with E-state index in [4.69, 9.17) is 13.9 Å². The molecule has 6 heteroatoms. The molecular weight excluding hydrogens is 370 g/mol. The molecule has 4 rings (SSSR count). The van der Waals surface area contributed by atoms with Crippen molar-refractivity contribution in [3.63, 3.8) is 0 Å². The Morgan fingerprint density at radius 2 is 1.97 bits per heavy atom. The molecule has 1 aliphatic carbocycles. The van der Waals surface area contributed by atoms with Gasteiger partial charge in [0.15, 0.2) is 0 Å². The number of fused-ring (bicyclic) bond motifs is 3. The third-order valence-corrected chi connectivity index (χ3v) is 4.93. The van der Waals surface area contributed by atoms with Gasteiger partial charge < -0.3 is 13.9 Å². The second kappa shape index (κ2) is 7.64. The van der Waals surface area contributed by atoms with E-state index in [2.05, 4.69) is 0 Å². The fourth-order valence-electron chi connectivity index (χ4n) is 3.57. The summed E-state index contributed by atoms with van der Waals surface area (Å²) in [5.41, 5.74) is 2.17. The lowest BCUT2D eigenvalue weighted by Crippen LogP contribution is -2.11. The number of rotatable bonds is 4. The topological polar surface area (TPSA) is 89.5 Å². The SMILES string of the molecule is COc1ccccc1/C=C(\C#N)C(=O)Oc1ccc2c3c(c(=O)oc2c1)CCC3. The number of ether oxygens (including phenoxy) is 2. The largest absolute Gasteiger partial charge is 0.496 e. The molecule has 0 N–H and O–H groups in total. The van der Waals surface area contributed by atoms with Crippen LogP contribution >= 0.6 is 0 Å². The van der Waals surface area contributed by atoms with Crippen LogP contribution in [0.25, 0.3) is 17.0 Å². The summed E-state index contributed by atoms with van der Waals surface area (Å²) in [6.45, 7) is 0. The van der Waals surface area contributed by atoms with Gasteiger partial charge >= 0.3 is 11.6 Å². The Morgan fingerprint density at radius 3 is 2.76 bits per heavy atom. The molecule has 2 aromatic carbocycles. The number of hydrogen-bond acceptors (Lipinski definition) is 6. The molecule has 0 amide bonds. The maximum atomic E-state index is 12.5. The number of nitriles is 1. The average molecular weight is 387 g/mol. The lowest BCUT2D eigenvalue weighted by atomic mass is 10.1. The third-order valence-electron chi connectivity index (χ3n) is 4.93. The standard InChI is InChI=1S/C23H17NO5/c1-27-20-8-3-2-5-14(20)11-15(13-24)22(25)28-16-9-10-18-17-6-4-7-19(17)23(26)29-21(18)12-16/h2-3,5,8-12H,4,6-7H2,1H3/b15-11+. The van der Waals surface area contributed by atoms with E-state index in [9.17, 15) is 14.9 Å². The molecule has 0 aliphatic heterocycles. The molecule has 0 radical (unpaired) electrons. The molecule has 1 aromatic heterocycles. The van der Waals surface area contributed by atoms with Crippen LogP contribution in [0.1, 0.15) is 23.1 Å². The zero-order valence-corrected chi connectivity index (χ0v) is 15.7. The Hall–Kier alpha value is -3.85. The Kier molecular flexibility index (Phi) is 4.88. The molecule has 0 fully saturated rings. The number of carbonyl (C=O) groups is 1. The number of aryl methyl sites for hydroxylation is 1. The second-order valence-electron chi connectivity index (χ2n) is 6.66. The van der Waals surface area contributed by atoms with Gasteiger partial charge in [-0.1, -0.05) is 18.2 Å². The third kappa shape index (κ3) is 3.50. The quantitative estimate of drug-likeness (QED) is 0.222. The van der Waals surface area contributed by atoms with Crippen molar-refractivity contribution in [2.45, 2.75) is 19.3 Å². The van der Waals surface area contributed by atoms with Crippen molar-refractivity contribution < 1.29 is 18.7 Å². The number of para-hydroxylation sites is 1. The van der Waals surface area contributed by atoms with Gasteiger partial charge in [-0.2, -0.15) is 5.26 Å². The Balaban J connectivity index is 1.64. The monoisotopic (exact) mass is 387 g/mol.